The quantitative estimate of drug-likeness (QED) is 0.537. The van der Waals surface area contributed by atoms with Gasteiger partial charge < -0.3 is 10.6 Å². The molecule has 0 spiro atoms. The number of hydrogen-bond donors (Lipinski definition) is 2. The standard InChI is InChI=1S/C20H15FN4O2S/c1-12-9-18(26)25-17(11-28-20(25)22-12)13-3-2-4-16(10-13)24-19(27)23-15-7-5-14(21)6-8-15/h2-11H,1H3,(H2,23,24,27). The molecular formula is C20H15FN4O2S. The average Bonchev–Trinajstić information content (AvgIpc) is 3.08. The highest BCUT2D eigenvalue weighted by molar-refractivity contribution is 7.15. The normalized spacial score (nSPS) is 10.8. The summed E-state index contributed by atoms with van der Waals surface area (Å²) in [4.78, 5) is 29.6. The molecule has 140 valence electrons. The van der Waals surface area contributed by atoms with Crippen molar-refractivity contribution in [3.8, 4) is 11.3 Å². The third-order valence-corrected chi connectivity index (χ3v) is 4.88. The smallest absolute Gasteiger partial charge is 0.308 e. The number of thiazole rings is 1. The first-order valence-corrected chi connectivity index (χ1v) is 9.29. The van der Waals surface area contributed by atoms with E-state index in [1.807, 2.05) is 11.4 Å². The van der Waals surface area contributed by atoms with Crippen molar-refractivity contribution in [2.75, 3.05) is 10.6 Å². The number of rotatable bonds is 3. The number of amides is 2. The highest BCUT2D eigenvalue weighted by atomic mass is 32.1. The molecule has 28 heavy (non-hydrogen) atoms. The van der Waals surface area contributed by atoms with Gasteiger partial charge in [0.1, 0.15) is 5.82 Å². The summed E-state index contributed by atoms with van der Waals surface area (Å²) in [6.07, 6.45) is 0. The Kier molecular flexibility index (Phi) is 4.62. The number of aromatic nitrogens is 2. The molecule has 2 heterocycles. The van der Waals surface area contributed by atoms with Crippen molar-refractivity contribution in [3.63, 3.8) is 0 Å². The van der Waals surface area contributed by atoms with Crippen LogP contribution >= 0.6 is 11.3 Å². The molecule has 2 N–H and O–H groups in total. The highest BCUT2D eigenvalue weighted by Crippen LogP contribution is 2.26. The number of hydrogen-bond acceptors (Lipinski definition) is 4. The molecule has 0 radical (unpaired) electrons. The predicted molar refractivity (Wildman–Crippen MR) is 109 cm³/mol. The van der Waals surface area contributed by atoms with E-state index in [0.717, 1.165) is 5.56 Å². The Balaban J connectivity index is 1.59. The molecule has 2 aromatic heterocycles. The maximum absolute atomic E-state index is 13.0. The van der Waals surface area contributed by atoms with Gasteiger partial charge in [-0.1, -0.05) is 12.1 Å². The van der Waals surface area contributed by atoms with Crippen LogP contribution < -0.4 is 16.2 Å². The van der Waals surface area contributed by atoms with E-state index in [1.165, 1.54) is 41.7 Å². The Bertz CT molecular complexity index is 1230. The van der Waals surface area contributed by atoms with E-state index >= 15 is 0 Å². The first-order chi connectivity index (χ1) is 13.5. The van der Waals surface area contributed by atoms with Gasteiger partial charge in [0.2, 0.25) is 0 Å². The summed E-state index contributed by atoms with van der Waals surface area (Å²) < 4.78 is 14.5. The Morgan fingerprint density at radius 3 is 2.61 bits per heavy atom. The number of benzene rings is 2. The largest absolute Gasteiger partial charge is 0.323 e. The summed E-state index contributed by atoms with van der Waals surface area (Å²) >= 11 is 1.38. The van der Waals surface area contributed by atoms with Crippen LogP contribution in [0, 0.1) is 12.7 Å². The Hall–Kier alpha value is -3.52. The van der Waals surface area contributed by atoms with Crippen LogP contribution in [0.4, 0.5) is 20.6 Å². The minimum Gasteiger partial charge on any atom is -0.308 e. The summed E-state index contributed by atoms with van der Waals surface area (Å²) in [5, 5.41) is 7.23. The Morgan fingerprint density at radius 1 is 1.07 bits per heavy atom. The van der Waals surface area contributed by atoms with Crippen LogP contribution in [0.1, 0.15) is 5.69 Å². The van der Waals surface area contributed by atoms with Gasteiger partial charge in [0, 0.05) is 34.1 Å². The number of nitrogens with one attached hydrogen (secondary N) is 2. The fourth-order valence-electron chi connectivity index (χ4n) is 2.81. The summed E-state index contributed by atoms with van der Waals surface area (Å²) in [6, 6.07) is 13.7. The van der Waals surface area contributed by atoms with E-state index in [2.05, 4.69) is 15.6 Å². The van der Waals surface area contributed by atoms with Crippen LogP contribution in [0.15, 0.2) is 64.8 Å². The molecule has 2 amide bonds. The molecule has 2 aromatic carbocycles. The maximum Gasteiger partial charge on any atom is 0.323 e. The number of nitrogens with zero attached hydrogens (tertiary/aromatic N) is 2. The zero-order valence-electron chi connectivity index (χ0n) is 14.8. The van der Waals surface area contributed by atoms with Gasteiger partial charge in [0.25, 0.3) is 5.56 Å². The van der Waals surface area contributed by atoms with Crippen molar-refractivity contribution in [2.24, 2.45) is 0 Å². The average molecular weight is 394 g/mol. The molecule has 8 heteroatoms. The minimum atomic E-state index is -0.451. The number of carbonyl (C=O) groups is 1. The summed E-state index contributed by atoms with van der Waals surface area (Å²) in [5.41, 5.74) is 3.05. The van der Waals surface area contributed by atoms with Crippen LogP contribution in [0.25, 0.3) is 16.2 Å². The fourth-order valence-corrected chi connectivity index (χ4v) is 3.76. The van der Waals surface area contributed by atoms with Crippen molar-refractivity contribution in [1.82, 2.24) is 9.38 Å². The molecule has 0 fully saturated rings. The van der Waals surface area contributed by atoms with Gasteiger partial charge in [-0.25, -0.2) is 14.2 Å². The summed E-state index contributed by atoms with van der Waals surface area (Å²) in [5.74, 6) is -0.374. The molecule has 0 saturated heterocycles. The van der Waals surface area contributed by atoms with E-state index in [-0.39, 0.29) is 11.4 Å². The third kappa shape index (κ3) is 3.63. The molecule has 0 saturated carbocycles. The van der Waals surface area contributed by atoms with Crippen molar-refractivity contribution in [2.45, 2.75) is 6.92 Å². The lowest BCUT2D eigenvalue weighted by Gasteiger charge is -2.09. The lowest BCUT2D eigenvalue weighted by molar-refractivity contribution is 0.262. The third-order valence-electron chi connectivity index (χ3n) is 4.05. The lowest BCUT2D eigenvalue weighted by Crippen LogP contribution is -2.19. The molecule has 4 aromatic rings. The van der Waals surface area contributed by atoms with Gasteiger partial charge in [-0.3, -0.25) is 9.20 Å². The first-order valence-electron chi connectivity index (χ1n) is 8.41. The van der Waals surface area contributed by atoms with Crippen LogP contribution in [-0.2, 0) is 0 Å². The van der Waals surface area contributed by atoms with E-state index in [1.54, 1.807) is 29.5 Å². The molecule has 4 rings (SSSR count). The second-order valence-electron chi connectivity index (χ2n) is 6.14. The molecule has 0 aliphatic heterocycles. The zero-order chi connectivity index (χ0) is 19.7. The van der Waals surface area contributed by atoms with Gasteiger partial charge >= 0.3 is 6.03 Å². The number of carbonyl (C=O) groups excluding carboxylic acids is 1. The SMILES string of the molecule is Cc1cc(=O)n2c(-c3cccc(NC(=O)Nc4ccc(F)cc4)c3)csc2n1. The van der Waals surface area contributed by atoms with Crippen molar-refractivity contribution >= 4 is 33.7 Å². The number of urea groups is 1. The van der Waals surface area contributed by atoms with Crippen molar-refractivity contribution in [3.05, 3.63) is 81.8 Å². The molecular weight excluding hydrogens is 379 g/mol. The van der Waals surface area contributed by atoms with E-state index in [4.69, 9.17) is 0 Å². The van der Waals surface area contributed by atoms with Crippen LogP contribution in [-0.4, -0.2) is 15.4 Å². The predicted octanol–water partition coefficient (Wildman–Crippen LogP) is 4.51. The molecule has 0 aliphatic rings. The van der Waals surface area contributed by atoms with E-state index in [0.29, 0.717) is 27.7 Å². The van der Waals surface area contributed by atoms with E-state index in [9.17, 15) is 14.0 Å². The zero-order valence-corrected chi connectivity index (χ0v) is 15.6. The van der Waals surface area contributed by atoms with Gasteiger partial charge in [-0.15, -0.1) is 11.3 Å². The lowest BCUT2D eigenvalue weighted by atomic mass is 10.1. The summed E-state index contributed by atoms with van der Waals surface area (Å²) in [7, 11) is 0. The Labute approximate surface area is 163 Å². The topological polar surface area (TPSA) is 75.5 Å². The highest BCUT2D eigenvalue weighted by Gasteiger charge is 2.11. The van der Waals surface area contributed by atoms with Crippen molar-refractivity contribution < 1.29 is 9.18 Å². The molecule has 0 atom stereocenters. The second kappa shape index (κ2) is 7.24. The minimum absolute atomic E-state index is 0.147. The summed E-state index contributed by atoms with van der Waals surface area (Å²) in [6.45, 7) is 1.78. The molecule has 6 nitrogen and oxygen atoms in total. The van der Waals surface area contributed by atoms with Gasteiger partial charge in [-0.2, -0.15) is 0 Å². The number of anilines is 2. The molecule has 0 unspecified atom stereocenters. The maximum atomic E-state index is 13.0. The van der Waals surface area contributed by atoms with Gasteiger partial charge in [0.15, 0.2) is 4.96 Å². The van der Waals surface area contributed by atoms with E-state index < -0.39 is 6.03 Å². The van der Waals surface area contributed by atoms with Crippen LogP contribution in [0.3, 0.4) is 0 Å². The van der Waals surface area contributed by atoms with Gasteiger partial charge in [0.05, 0.1) is 5.69 Å². The number of fused-ring (bicyclic) bond motifs is 1. The number of halogens is 1. The Morgan fingerprint density at radius 2 is 1.82 bits per heavy atom. The van der Waals surface area contributed by atoms with Crippen LogP contribution in [0.2, 0.25) is 0 Å². The second-order valence-corrected chi connectivity index (χ2v) is 6.98. The van der Waals surface area contributed by atoms with Gasteiger partial charge in [-0.05, 0) is 43.3 Å². The first kappa shape index (κ1) is 17.9. The number of aryl methyl sites for hydroxylation is 1. The fraction of sp³-hybridized carbons (Fsp3) is 0.0500. The molecule has 0 aliphatic carbocycles. The van der Waals surface area contributed by atoms with Crippen LogP contribution in [0.5, 0.6) is 0 Å². The van der Waals surface area contributed by atoms with Crippen molar-refractivity contribution in [1.29, 1.82) is 0 Å². The monoisotopic (exact) mass is 394 g/mol. The molecule has 0 bridgehead atoms.